The summed E-state index contributed by atoms with van der Waals surface area (Å²) in [6.45, 7) is 0. The molecule has 4 aromatic rings. The number of nitro benzene ring substituents is 2. The molecule has 8 nitrogen and oxygen atoms in total. The van der Waals surface area contributed by atoms with Gasteiger partial charge in [-0.15, -0.1) is 0 Å². The van der Waals surface area contributed by atoms with Crippen molar-refractivity contribution in [1.29, 1.82) is 0 Å². The molecule has 0 fully saturated rings. The molecular weight excluding hydrogens is 444 g/mol. The topological polar surface area (TPSA) is 105 Å². The quantitative estimate of drug-likeness (QED) is 0.202. The van der Waals surface area contributed by atoms with Crippen LogP contribution in [0.25, 0.3) is 0 Å². The van der Waals surface area contributed by atoms with Crippen molar-refractivity contribution in [2.45, 2.75) is 9.79 Å². The first kappa shape index (κ1) is 21.8. The molecule has 0 aliphatic carbocycles. The van der Waals surface area contributed by atoms with Gasteiger partial charge < -0.3 is 9.47 Å². The van der Waals surface area contributed by atoms with E-state index < -0.39 is 9.85 Å². The van der Waals surface area contributed by atoms with E-state index in [1.54, 1.807) is 6.07 Å². The molecule has 0 N–H and O–H groups in total. The minimum absolute atomic E-state index is 0.0434. The lowest BCUT2D eigenvalue weighted by molar-refractivity contribution is -0.385. The Morgan fingerprint density at radius 2 is 1.15 bits per heavy atom. The number of hydrogen-bond donors (Lipinski definition) is 0. The van der Waals surface area contributed by atoms with Gasteiger partial charge in [0.25, 0.3) is 11.4 Å². The van der Waals surface area contributed by atoms with Crippen LogP contribution in [0, 0.1) is 20.2 Å². The zero-order chi connectivity index (χ0) is 23.2. The number of rotatable bonds is 8. The van der Waals surface area contributed by atoms with Gasteiger partial charge in [-0.05, 0) is 48.5 Å². The Bertz CT molecular complexity index is 1280. The van der Waals surface area contributed by atoms with Crippen LogP contribution in [-0.4, -0.2) is 9.85 Å². The molecule has 0 amide bonds. The lowest BCUT2D eigenvalue weighted by Gasteiger charge is -2.16. The van der Waals surface area contributed by atoms with Gasteiger partial charge in [0.2, 0.25) is 0 Å². The maximum Gasteiger partial charge on any atom is 0.269 e. The molecule has 0 saturated carbocycles. The average Bonchev–Trinajstić information content (AvgIpc) is 2.82. The number of hydrogen-bond acceptors (Lipinski definition) is 7. The molecule has 0 saturated heterocycles. The molecule has 164 valence electrons. The summed E-state index contributed by atoms with van der Waals surface area (Å²) in [5, 5.41) is 21.9. The fraction of sp³-hybridized carbons (Fsp3) is 0. The van der Waals surface area contributed by atoms with Crippen molar-refractivity contribution in [3.05, 3.63) is 117 Å². The van der Waals surface area contributed by atoms with Crippen LogP contribution in [0.1, 0.15) is 0 Å². The molecule has 0 aromatic heterocycles. The highest BCUT2D eigenvalue weighted by atomic mass is 32.2. The molecule has 0 unspecified atom stereocenters. The Morgan fingerprint density at radius 3 is 1.70 bits per heavy atom. The van der Waals surface area contributed by atoms with Gasteiger partial charge in [0.1, 0.15) is 11.5 Å². The molecule has 0 spiro atoms. The second-order valence-corrected chi connectivity index (χ2v) is 7.82. The molecule has 0 atom stereocenters. The van der Waals surface area contributed by atoms with Crippen LogP contribution in [-0.2, 0) is 0 Å². The van der Waals surface area contributed by atoms with E-state index >= 15 is 0 Å². The molecule has 0 radical (unpaired) electrons. The van der Waals surface area contributed by atoms with Crippen LogP contribution >= 0.6 is 11.8 Å². The van der Waals surface area contributed by atoms with Gasteiger partial charge in [-0.3, -0.25) is 20.2 Å². The number of benzene rings is 4. The third kappa shape index (κ3) is 5.46. The van der Waals surface area contributed by atoms with E-state index in [1.807, 2.05) is 42.5 Å². The van der Waals surface area contributed by atoms with E-state index in [1.165, 1.54) is 60.3 Å². The van der Waals surface area contributed by atoms with Crippen LogP contribution < -0.4 is 9.47 Å². The highest BCUT2D eigenvalue weighted by molar-refractivity contribution is 7.99. The Morgan fingerprint density at radius 1 is 0.606 bits per heavy atom. The Balaban J connectivity index is 1.69. The highest BCUT2D eigenvalue weighted by Crippen LogP contribution is 2.44. The molecule has 0 bridgehead atoms. The molecule has 0 heterocycles. The molecule has 4 aromatic carbocycles. The van der Waals surface area contributed by atoms with Crippen molar-refractivity contribution < 1.29 is 19.3 Å². The second-order valence-electron chi connectivity index (χ2n) is 6.70. The van der Waals surface area contributed by atoms with Crippen molar-refractivity contribution in [3.63, 3.8) is 0 Å². The van der Waals surface area contributed by atoms with Crippen LogP contribution in [0.4, 0.5) is 11.4 Å². The Labute approximate surface area is 192 Å². The van der Waals surface area contributed by atoms with Gasteiger partial charge in [0, 0.05) is 29.2 Å². The normalized spacial score (nSPS) is 10.4. The molecule has 4 rings (SSSR count). The first-order valence-corrected chi connectivity index (χ1v) is 10.5. The van der Waals surface area contributed by atoms with E-state index in [-0.39, 0.29) is 11.4 Å². The Hall–Kier alpha value is -4.37. The zero-order valence-corrected chi connectivity index (χ0v) is 17.8. The summed E-state index contributed by atoms with van der Waals surface area (Å²) >= 11 is 1.47. The summed E-state index contributed by atoms with van der Waals surface area (Å²) in [5.74, 6) is 1.60. The highest BCUT2D eigenvalue weighted by Gasteiger charge is 2.16. The maximum absolute atomic E-state index is 11.0. The van der Waals surface area contributed by atoms with E-state index in [2.05, 4.69) is 0 Å². The van der Waals surface area contributed by atoms with Crippen LogP contribution in [0.2, 0.25) is 0 Å². The minimum Gasteiger partial charge on any atom is -0.453 e. The lowest BCUT2D eigenvalue weighted by Crippen LogP contribution is -1.94. The SMILES string of the molecule is O=[N+]([O-])c1ccc(Oc2cccc(Sc3ccccc3)c2Oc2ccc([N+](=O)[O-])cc2)cc1. The predicted octanol–water partition coefficient (Wildman–Crippen LogP) is 7.24. The van der Waals surface area contributed by atoms with Gasteiger partial charge >= 0.3 is 0 Å². The van der Waals surface area contributed by atoms with Crippen LogP contribution in [0.5, 0.6) is 23.0 Å². The van der Waals surface area contributed by atoms with Crippen molar-refractivity contribution in [1.82, 2.24) is 0 Å². The molecular formula is C24H16N2O6S. The predicted molar refractivity (Wildman–Crippen MR) is 123 cm³/mol. The fourth-order valence-corrected chi connectivity index (χ4v) is 3.82. The Kier molecular flexibility index (Phi) is 6.51. The standard InChI is InChI=1S/C24H16N2O6S/c27-25(28)17-9-13-19(14-10-17)31-22-7-4-8-23(33-21-5-2-1-3-6-21)24(22)32-20-15-11-18(12-16-20)26(29)30/h1-16H. The average molecular weight is 460 g/mol. The summed E-state index contributed by atoms with van der Waals surface area (Å²) in [6.07, 6.45) is 0. The van der Waals surface area contributed by atoms with Crippen LogP contribution in [0.3, 0.4) is 0 Å². The summed E-state index contributed by atoms with van der Waals surface area (Å²) in [7, 11) is 0. The third-order valence-electron chi connectivity index (χ3n) is 4.46. The largest absolute Gasteiger partial charge is 0.453 e. The van der Waals surface area contributed by atoms with Crippen LogP contribution in [0.15, 0.2) is 107 Å². The number of nitrogens with zero attached hydrogens (tertiary/aromatic N) is 2. The summed E-state index contributed by atoms with van der Waals surface area (Å²) in [4.78, 5) is 22.6. The lowest BCUT2D eigenvalue weighted by atomic mass is 10.2. The van der Waals surface area contributed by atoms with E-state index in [0.717, 1.165) is 9.79 Å². The van der Waals surface area contributed by atoms with E-state index in [4.69, 9.17) is 9.47 Å². The minimum atomic E-state index is -0.482. The number of ether oxygens (including phenoxy) is 2. The van der Waals surface area contributed by atoms with Crippen molar-refractivity contribution in [2.24, 2.45) is 0 Å². The smallest absolute Gasteiger partial charge is 0.269 e. The maximum atomic E-state index is 11.0. The molecule has 33 heavy (non-hydrogen) atoms. The van der Waals surface area contributed by atoms with Crippen molar-refractivity contribution in [3.8, 4) is 23.0 Å². The molecule has 0 aliphatic heterocycles. The van der Waals surface area contributed by atoms with Gasteiger partial charge in [0.15, 0.2) is 11.5 Å². The first-order chi connectivity index (χ1) is 16.0. The number of nitro groups is 2. The summed E-state index contributed by atoms with van der Waals surface area (Å²) in [6, 6.07) is 26.6. The van der Waals surface area contributed by atoms with Gasteiger partial charge in [-0.2, -0.15) is 0 Å². The van der Waals surface area contributed by atoms with E-state index in [0.29, 0.717) is 23.0 Å². The van der Waals surface area contributed by atoms with E-state index in [9.17, 15) is 20.2 Å². The van der Waals surface area contributed by atoms with Crippen molar-refractivity contribution >= 4 is 23.1 Å². The summed E-state index contributed by atoms with van der Waals surface area (Å²) < 4.78 is 12.1. The number of non-ortho nitro benzene ring substituents is 2. The molecule has 9 heteroatoms. The monoisotopic (exact) mass is 460 g/mol. The fourth-order valence-electron chi connectivity index (χ4n) is 2.89. The van der Waals surface area contributed by atoms with Gasteiger partial charge in [0.05, 0.1) is 14.7 Å². The third-order valence-corrected chi connectivity index (χ3v) is 5.51. The summed E-state index contributed by atoms with van der Waals surface area (Å²) in [5.41, 5.74) is -0.0882. The van der Waals surface area contributed by atoms with Crippen molar-refractivity contribution in [2.75, 3.05) is 0 Å². The first-order valence-electron chi connectivity index (χ1n) is 9.70. The van der Waals surface area contributed by atoms with Gasteiger partial charge in [-0.1, -0.05) is 36.0 Å². The zero-order valence-electron chi connectivity index (χ0n) is 17.0. The van der Waals surface area contributed by atoms with Gasteiger partial charge in [-0.25, -0.2) is 0 Å². The second kappa shape index (κ2) is 9.84. The number of para-hydroxylation sites is 1. The molecule has 0 aliphatic rings.